The van der Waals surface area contributed by atoms with Crippen molar-refractivity contribution in [2.75, 3.05) is 20.6 Å². The molecule has 0 aliphatic carbocycles. The van der Waals surface area contributed by atoms with Gasteiger partial charge in [0.2, 0.25) is 0 Å². The van der Waals surface area contributed by atoms with Gasteiger partial charge >= 0.3 is 0 Å². The fraction of sp³-hybridized carbons (Fsp3) is 0.385. The van der Waals surface area contributed by atoms with Gasteiger partial charge < -0.3 is 14.2 Å². The number of nitrogens with zero attached hydrogens (tertiary/aromatic N) is 1. The van der Waals surface area contributed by atoms with Crippen molar-refractivity contribution in [3.63, 3.8) is 0 Å². The van der Waals surface area contributed by atoms with E-state index in [2.05, 4.69) is 10.2 Å². The molecule has 2 aromatic rings. The summed E-state index contributed by atoms with van der Waals surface area (Å²) in [6.45, 7) is 1.65. The quantitative estimate of drug-likeness (QED) is 0.832. The first-order chi connectivity index (χ1) is 8.27. The number of furan rings is 2. The lowest BCUT2D eigenvalue weighted by Gasteiger charge is -2.22. The predicted molar refractivity (Wildman–Crippen MR) is 65.6 cm³/mol. The second kappa shape index (κ2) is 5.70. The van der Waals surface area contributed by atoms with Crippen molar-refractivity contribution in [2.45, 2.75) is 12.6 Å². The van der Waals surface area contributed by atoms with E-state index in [0.29, 0.717) is 0 Å². The van der Waals surface area contributed by atoms with E-state index < -0.39 is 0 Å². The van der Waals surface area contributed by atoms with Crippen molar-refractivity contribution in [3.8, 4) is 0 Å². The van der Waals surface area contributed by atoms with Gasteiger partial charge in [-0.3, -0.25) is 4.90 Å². The number of hydrogen-bond acceptors (Lipinski definition) is 4. The first-order valence-corrected chi connectivity index (χ1v) is 5.69. The highest BCUT2D eigenvalue weighted by Crippen LogP contribution is 2.17. The molecule has 0 saturated heterocycles. The molecule has 2 rings (SSSR count). The third-order valence-electron chi connectivity index (χ3n) is 2.74. The average Bonchev–Trinajstić information content (AvgIpc) is 2.96. The molecule has 0 aliphatic rings. The topological polar surface area (TPSA) is 41.5 Å². The number of rotatable bonds is 6. The van der Waals surface area contributed by atoms with E-state index in [0.717, 1.165) is 24.4 Å². The Balaban J connectivity index is 1.86. The molecule has 1 unspecified atom stereocenters. The lowest BCUT2D eigenvalue weighted by atomic mass is 10.2. The van der Waals surface area contributed by atoms with Crippen LogP contribution in [-0.4, -0.2) is 25.5 Å². The summed E-state index contributed by atoms with van der Waals surface area (Å²) in [5.74, 6) is 0.981. The minimum atomic E-state index is 0.247. The van der Waals surface area contributed by atoms with E-state index in [1.807, 2.05) is 32.3 Å². The van der Waals surface area contributed by atoms with Crippen LogP contribution in [0.1, 0.15) is 17.4 Å². The second-order valence-electron chi connectivity index (χ2n) is 4.26. The normalized spacial score (nSPS) is 13.1. The summed E-state index contributed by atoms with van der Waals surface area (Å²) >= 11 is 0. The molecule has 0 saturated carbocycles. The molecule has 4 heteroatoms. The van der Waals surface area contributed by atoms with Gasteiger partial charge in [-0.05, 0) is 32.3 Å². The molecule has 92 valence electrons. The fourth-order valence-corrected chi connectivity index (χ4v) is 1.76. The third kappa shape index (κ3) is 3.22. The molecule has 0 fully saturated rings. The van der Waals surface area contributed by atoms with Gasteiger partial charge in [0.25, 0.3) is 0 Å². The van der Waals surface area contributed by atoms with Gasteiger partial charge in [0.15, 0.2) is 0 Å². The van der Waals surface area contributed by atoms with E-state index in [-0.39, 0.29) is 6.04 Å². The molecule has 2 aromatic heterocycles. The number of likely N-dealkylation sites (N-methyl/N-ethyl adjacent to an activating group) is 1. The zero-order chi connectivity index (χ0) is 12.1. The van der Waals surface area contributed by atoms with Crippen LogP contribution in [0.25, 0.3) is 0 Å². The Bertz CT molecular complexity index is 407. The van der Waals surface area contributed by atoms with Gasteiger partial charge in [-0.25, -0.2) is 0 Å². The molecule has 1 atom stereocenters. The third-order valence-corrected chi connectivity index (χ3v) is 2.74. The first-order valence-electron chi connectivity index (χ1n) is 5.69. The minimum absolute atomic E-state index is 0.247. The number of nitrogens with one attached hydrogen (secondary N) is 1. The van der Waals surface area contributed by atoms with Gasteiger partial charge in [-0.15, -0.1) is 0 Å². The van der Waals surface area contributed by atoms with Crippen molar-refractivity contribution in [3.05, 3.63) is 48.3 Å². The van der Waals surface area contributed by atoms with Crippen molar-refractivity contribution < 1.29 is 8.83 Å². The van der Waals surface area contributed by atoms with Crippen molar-refractivity contribution in [1.29, 1.82) is 0 Å². The first kappa shape index (κ1) is 12.0. The monoisotopic (exact) mass is 234 g/mol. The summed E-state index contributed by atoms with van der Waals surface area (Å²) in [5, 5.41) is 3.40. The summed E-state index contributed by atoms with van der Waals surface area (Å²) in [6.07, 6.45) is 5.15. The van der Waals surface area contributed by atoms with Gasteiger partial charge in [0.05, 0.1) is 24.8 Å². The van der Waals surface area contributed by atoms with Crippen LogP contribution in [0.3, 0.4) is 0 Å². The molecular weight excluding hydrogens is 216 g/mol. The molecule has 0 aromatic carbocycles. The lowest BCUT2D eigenvalue weighted by Crippen LogP contribution is -2.30. The smallest absolute Gasteiger partial charge is 0.122 e. The molecule has 2 heterocycles. The highest BCUT2D eigenvalue weighted by molar-refractivity contribution is 5.07. The van der Waals surface area contributed by atoms with E-state index >= 15 is 0 Å². The largest absolute Gasteiger partial charge is 0.472 e. The summed E-state index contributed by atoms with van der Waals surface area (Å²) in [4.78, 5) is 2.14. The maximum Gasteiger partial charge on any atom is 0.122 e. The molecule has 0 spiro atoms. The van der Waals surface area contributed by atoms with Crippen molar-refractivity contribution >= 4 is 0 Å². The molecule has 17 heavy (non-hydrogen) atoms. The maximum absolute atomic E-state index is 5.44. The predicted octanol–water partition coefficient (Wildman–Crippen LogP) is 2.27. The van der Waals surface area contributed by atoms with Crippen LogP contribution in [0.4, 0.5) is 0 Å². The molecule has 0 aliphatic heterocycles. The highest BCUT2D eigenvalue weighted by atomic mass is 16.3. The van der Waals surface area contributed by atoms with Crippen LogP contribution in [0.2, 0.25) is 0 Å². The number of hydrogen-bond donors (Lipinski definition) is 1. The van der Waals surface area contributed by atoms with Crippen molar-refractivity contribution in [2.24, 2.45) is 0 Å². The van der Waals surface area contributed by atoms with Crippen LogP contribution >= 0.6 is 0 Å². The maximum atomic E-state index is 5.44. The molecule has 1 N–H and O–H groups in total. The van der Waals surface area contributed by atoms with Gasteiger partial charge in [-0.1, -0.05) is 0 Å². The SMILES string of the molecule is CN(C)C(CNCc1ccoc1)c1ccco1. The molecule has 0 radical (unpaired) electrons. The van der Waals surface area contributed by atoms with Crippen LogP contribution in [-0.2, 0) is 6.54 Å². The summed E-state index contributed by atoms with van der Waals surface area (Å²) in [7, 11) is 4.10. The van der Waals surface area contributed by atoms with Crippen LogP contribution in [0.15, 0.2) is 45.8 Å². The van der Waals surface area contributed by atoms with E-state index in [9.17, 15) is 0 Å². The van der Waals surface area contributed by atoms with E-state index in [4.69, 9.17) is 8.83 Å². The Hall–Kier alpha value is -1.52. The van der Waals surface area contributed by atoms with Crippen LogP contribution in [0.5, 0.6) is 0 Å². The van der Waals surface area contributed by atoms with Gasteiger partial charge in [0, 0.05) is 18.7 Å². The Morgan fingerprint density at radius 2 is 2.18 bits per heavy atom. The Labute approximate surface area is 101 Å². The van der Waals surface area contributed by atoms with Gasteiger partial charge in [0.1, 0.15) is 5.76 Å². The zero-order valence-electron chi connectivity index (χ0n) is 10.2. The Morgan fingerprint density at radius 3 is 2.76 bits per heavy atom. The van der Waals surface area contributed by atoms with Crippen LogP contribution in [0, 0.1) is 0 Å². The van der Waals surface area contributed by atoms with E-state index in [1.165, 1.54) is 0 Å². The minimum Gasteiger partial charge on any atom is -0.472 e. The molecule has 0 amide bonds. The zero-order valence-corrected chi connectivity index (χ0v) is 10.2. The lowest BCUT2D eigenvalue weighted by molar-refractivity contribution is 0.250. The van der Waals surface area contributed by atoms with Gasteiger partial charge in [-0.2, -0.15) is 0 Å². The average molecular weight is 234 g/mol. The Kier molecular flexibility index (Phi) is 4.01. The van der Waals surface area contributed by atoms with E-state index in [1.54, 1.807) is 18.8 Å². The summed E-state index contributed by atoms with van der Waals surface area (Å²) in [6, 6.07) is 6.13. The molecular formula is C13H18N2O2. The molecule has 0 bridgehead atoms. The van der Waals surface area contributed by atoms with Crippen LogP contribution < -0.4 is 5.32 Å². The second-order valence-corrected chi connectivity index (χ2v) is 4.26. The standard InChI is InChI=1S/C13H18N2O2/c1-15(2)12(13-4-3-6-17-13)9-14-8-11-5-7-16-10-11/h3-7,10,12,14H,8-9H2,1-2H3. The fourth-order valence-electron chi connectivity index (χ4n) is 1.76. The Morgan fingerprint density at radius 1 is 1.29 bits per heavy atom. The highest BCUT2D eigenvalue weighted by Gasteiger charge is 2.16. The summed E-state index contributed by atoms with van der Waals surface area (Å²) < 4.78 is 10.5. The summed E-state index contributed by atoms with van der Waals surface area (Å²) in [5.41, 5.74) is 1.15. The van der Waals surface area contributed by atoms with Crippen molar-refractivity contribution in [1.82, 2.24) is 10.2 Å². The molecule has 4 nitrogen and oxygen atoms in total.